The molecule has 0 saturated heterocycles. The molecule has 1 heterocycles. The topological polar surface area (TPSA) is 35.0 Å². The summed E-state index contributed by atoms with van der Waals surface area (Å²) in [4.78, 5) is 8.93. The number of aromatic nitrogens is 2. The van der Waals surface area contributed by atoms with Crippen LogP contribution in [0.25, 0.3) is 11.4 Å². The van der Waals surface area contributed by atoms with Gasteiger partial charge < -0.3 is 4.74 Å². The fourth-order valence-electron chi connectivity index (χ4n) is 1.93. The summed E-state index contributed by atoms with van der Waals surface area (Å²) >= 11 is 6.08. The minimum absolute atomic E-state index is 0.0869. The van der Waals surface area contributed by atoms with Crippen LogP contribution in [-0.4, -0.2) is 16.6 Å². The van der Waals surface area contributed by atoms with E-state index in [2.05, 4.69) is 9.97 Å². The molecule has 1 aromatic carbocycles. The maximum Gasteiger partial charge on any atom is 0.163 e. The molecule has 0 fully saturated rings. The molecule has 0 aliphatic rings. The number of benzene rings is 1. The first-order valence-electron chi connectivity index (χ1n) is 6.33. The molecule has 3 nitrogen and oxygen atoms in total. The van der Waals surface area contributed by atoms with Crippen molar-refractivity contribution in [3.8, 4) is 17.1 Å². The van der Waals surface area contributed by atoms with Gasteiger partial charge in [-0.3, -0.25) is 0 Å². The van der Waals surface area contributed by atoms with Gasteiger partial charge in [0.2, 0.25) is 0 Å². The highest BCUT2D eigenvalue weighted by Gasteiger charge is 2.12. The molecule has 0 aliphatic carbocycles. The molecule has 19 heavy (non-hydrogen) atoms. The smallest absolute Gasteiger partial charge is 0.163 e. The maximum absolute atomic E-state index is 6.08. The fourth-order valence-corrected chi connectivity index (χ4v) is 2.14. The second kappa shape index (κ2) is 6.02. The summed E-state index contributed by atoms with van der Waals surface area (Å²) < 4.78 is 5.60. The summed E-state index contributed by atoms with van der Waals surface area (Å²) in [6, 6.07) is 7.78. The number of hydrogen-bond acceptors (Lipinski definition) is 3. The Morgan fingerprint density at radius 1 is 1.32 bits per heavy atom. The average molecular weight is 277 g/mol. The van der Waals surface area contributed by atoms with Gasteiger partial charge >= 0.3 is 0 Å². The maximum atomic E-state index is 6.08. The van der Waals surface area contributed by atoms with E-state index in [4.69, 9.17) is 16.3 Å². The van der Waals surface area contributed by atoms with Crippen molar-refractivity contribution >= 4 is 11.6 Å². The minimum Gasteiger partial charge on any atom is -0.493 e. The van der Waals surface area contributed by atoms with Crippen LogP contribution in [0.1, 0.15) is 30.5 Å². The second-order valence-electron chi connectivity index (χ2n) is 4.28. The van der Waals surface area contributed by atoms with Gasteiger partial charge in [0.15, 0.2) is 5.82 Å². The second-order valence-corrected chi connectivity index (χ2v) is 4.93. The highest BCUT2D eigenvalue weighted by molar-refractivity contribution is 6.20. The average Bonchev–Trinajstić information content (AvgIpc) is 2.39. The first-order valence-corrected chi connectivity index (χ1v) is 6.77. The number of halogens is 1. The quantitative estimate of drug-likeness (QED) is 0.787. The molecular weight excluding hydrogens is 260 g/mol. The zero-order valence-corrected chi connectivity index (χ0v) is 12.1. The van der Waals surface area contributed by atoms with Crippen LogP contribution in [0.4, 0.5) is 0 Å². The Labute approximate surface area is 118 Å². The summed E-state index contributed by atoms with van der Waals surface area (Å²) in [5.74, 6) is 1.47. The lowest BCUT2D eigenvalue weighted by molar-refractivity contribution is 0.341. The van der Waals surface area contributed by atoms with E-state index in [0.29, 0.717) is 12.4 Å². The first kappa shape index (κ1) is 13.8. The summed E-state index contributed by atoms with van der Waals surface area (Å²) in [7, 11) is 0. The molecule has 4 heteroatoms. The minimum atomic E-state index is -0.0869. The van der Waals surface area contributed by atoms with Crippen molar-refractivity contribution < 1.29 is 4.74 Å². The number of alkyl halides is 1. The molecule has 0 N–H and O–H groups in total. The predicted octanol–water partition coefficient (Wildman–Crippen LogP) is 4.15. The Morgan fingerprint density at radius 2 is 2.05 bits per heavy atom. The van der Waals surface area contributed by atoms with Crippen LogP contribution in [0.2, 0.25) is 0 Å². The van der Waals surface area contributed by atoms with Crippen molar-refractivity contribution in [3.05, 3.63) is 41.7 Å². The number of aryl methyl sites for hydroxylation is 1. The van der Waals surface area contributed by atoms with Gasteiger partial charge in [0.1, 0.15) is 5.75 Å². The van der Waals surface area contributed by atoms with Crippen LogP contribution >= 0.6 is 11.6 Å². The summed E-state index contributed by atoms with van der Waals surface area (Å²) in [5, 5.41) is -0.0869. The Bertz CT molecular complexity index is 570. The number of nitrogens with zero attached hydrogens (tertiary/aromatic N) is 2. The molecule has 1 atom stereocenters. The lowest BCUT2D eigenvalue weighted by Crippen LogP contribution is -2.00. The van der Waals surface area contributed by atoms with E-state index in [1.807, 2.05) is 45.0 Å². The standard InChI is InChI=1S/C15H17ClN2O/c1-4-19-14-8-6-5-7-12(14)15-17-9-13(10(2)16)11(3)18-15/h5-10H,4H2,1-3H3. The van der Waals surface area contributed by atoms with Crippen molar-refractivity contribution in [2.24, 2.45) is 0 Å². The van der Waals surface area contributed by atoms with E-state index in [-0.39, 0.29) is 5.38 Å². The van der Waals surface area contributed by atoms with Crippen LogP contribution < -0.4 is 4.74 Å². The van der Waals surface area contributed by atoms with E-state index >= 15 is 0 Å². The normalized spacial score (nSPS) is 12.2. The monoisotopic (exact) mass is 276 g/mol. The Morgan fingerprint density at radius 3 is 2.68 bits per heavy atom. The SMILES string of the molecule is CCOc1ccccc1-c1ncc(C(C)Cl)c(C)n1. The largest absolute Gasteiger partial charge is 0.493 e. The molecule has 1 unspecified atom stereocenters. The molecular formula is C15H17ClN2O. The zero-order chi connectivity index (χ0) is 13.8. The summed E-state index contributed by atoms with van der Waals surface area (Å²) in [5.41, 5.74) is 2.76. The third kappa shape index (κ3) is 3.04. The van der Waals surface area contributed by atoms with E-state index in [0.717, 1.165) is 22.6 Å². The molecule has 0 amide bonds. The van der Waals surface area contributed by atoms with Crippen LogP contribution in [0.3, 0.4) is 0 Å². The third-order valence-electron chi connectivity index (χ3n) is 2.87. The van der Waals surface area contributed by atoms with E-state index in [1.54, 1.807) is 6.20 Å². The molecule has 0 bridgehead atoms. The predicted molar refractivity (Wildman–Crippen MR) is 77.6 cm³/mol. The molecule has 1 aromatic heterocycles. The van der Waals surface area contributed by atoms with Crippen molar-refractivity contribution in [2.75, 3.05) is 6.61 Å². The molecule has 0 spiro atoms. The van der Waals surface area contributed by atoms with Crippen molar-refractivity contribution in [1.29, 1.82) is 0 Å². The lowest BCUT2D eigenvalue weighted by atomic mass is 10.1. The molecule has 0 aliphatic heterocycles. The fraction of sp³-hybridized carbons (Fsp3) is 0.333. The zero-order valence-electron chi connectivity index (χ0n) is 11.4. The first-order chi connectivity index (χ1) is 9.13. The van der Waals surface area contributed by atoms with Gasteiger partial charge in [-0.05, 0) is 32.9 Å². The van der Waals surface area contributed by atoms with E-state index in [9.17, 15) is 0 Å². The number of ether oxygens (including phenoxy) is 1. The Hall–Kier alpha value is -1.61. The van der Waals surface area contributed by atoms with Crippen LogP contribution in [-0.2, 0) is 0 Å². The van der Waals surface area contributed by atoms with Crippen molar-refractivity contribution in [3.63, 3.8) is 0 Å². The van der Waals surface area contributed by atoms with E-state index in [1.165, 1.54) is 0 Å². The Kier molecular flexibility index (Phi) is 4.38. The molecule has 0 radical (unpaired) electrons. The van der Waals surface area contributed by atoms with Crippen LogP contribution in [0.15, 0.2) is 30.5 Å². The van der Waals surface area contributed by atoms with Crippen molar-refractivity contribution in [1.82, 2.24) is 9.97 Å². The molecule has 2 rings (SSSR count). The van der Waals surface area contributed by atoms with Gasteiger partial charge in [-0.15, -0.1) is 11.6 Å². The molecule has 0 saturated carbocycles. The Balaban J connectivity index is 2.45. The summed E-state index contributed by atoms with van der Waals surface area (Å²) in [6.45, 7) is 6.44. The number of hydrogen-bond donors (Lipinski definition) is 0. The van der Waals surface area contributed by atoms with Gasteiger partial charge in [-0.25, -0.2) is 9.97 Å². The third-order valence-corrected chi connectivity index (χ3v) is 3.11. The lowest BCUT2D eigenvalue weighted by Gasteiger charge is -2.11. The van der Waals surface area contributed by atoms with Gasteiger partial charge in [0, 0.05) is 17.5 Å². The number of para-hydroxylation sites is 1. The van der Waals surface area contributed by atoms with Gasteiger partial charge in [0.25, 0.3) is 0 Å². The van der Waals surface area contributed by atoms with Crippen molar-refractivity contribution in [2.45, 2.75) is 26.1 Å². The van der Waals surface area contributed by atoms with Gasteiger partial charge in [-0.1, -0.05) is 12.1 Å². The van der Waals surface area contributed by atoms with Crippen LogP contribution in [0.5, 0.6) is 5.75 Å². The number of rotatable bonds is 4. The summed E-state index contributed by atoms with van der Waals surface area (Å²) in [6.07, 6.45) is 1.79. The molecule has 100 valence electrons. The van der Waals surface area contributed by atoms with Gasteiger partial charge in [0.05, 0.1) is 17.5 Å². The molecule has 2 aromatic rings. The van der Waals surface area contributed by atoms with Crippen LogP contribution in [0, 0.1) is 6.92 Å². The highest BCUT2D eigenvalue weighted by Crippen LogP contribution is 2.29. The highest BCUT2D eigenvalue weighted by atomic mass is 35.5. The van der Waals surface area contributed by atoms with Gasteiger partial charge in [-0.2, -0.15) is 0 Å². The van der Waals surface area contributed by atoms with E-state index < -0.39 is 0 Å².